The molecule has 1 saturated heterocycles. The fourth-order valence-electron chi connectivity index (χ4n) is 3.11. The van der Waals surface area contributed by atoms with E-state index in [4.69, 9.17) is 16.3 Å². The molecule has 2 aromatic heterocycles. The number of carbonyl (C=O) groups excluding carboxylic acids is 1. The van der Waals surface area contributed by atoms with Gasteiger partial charge in [-0.15, -0.1) is 10.2 Å². The van der Waals surface area contributed by atoms with Gasteiger partial charge < -0.3 is 14.5 Å². The van der Waals surface area contributed by atoms with Crippen LogP contribution in [0, 0.1) is 0 Å². The quantitative estimate of drug-likeness (QED) is 0.645. The maximum atomic E-state index is 12.4. The van der Waals surface area contributed by atoms with E-state index in [9.17, 15) is 4.79 Å². The SMILES string of the molecule is O=C(COc1ccc(Cl)cc1)N1CCN(c2ccc(-c3cccnc3)nn2)CC1. The van der Waals surface area contributed by atoms with Gasteiger partial charge in [-0.25, -0.2) is 0 Å². The summed E-state index contributed by atoms with van der Waals surface area (Å²) in [6, 6.07) is 14.7. The summed E-state index contributed by atoms with van der Waals surface area (Å²) < 4.78 is 5.55. The van der Waals surface area contributed by atoms with E-state index in [1.807, 2.05) is 29.2 Å². The van der Waals surface area contributed by atoms with Crippen LogP contribution in [0.2, 0.25) is 5.02 Å². The second-order valence-electron chi connectivity index (χ2n) is 6.63. The van der Waals surface area contributed by atoms with Crippen LogP contribution in [0.3, 0.4) is 0 Å². The van der Waals surface area contributed by atoms with Crippen LogP contribution in [-0.2, 0) is 4.79 Å². The second kappa shape index (κ2) is 8.87. The molecule has 29 heavy (non-hydrogen) atoms. The summed E-state index contributed by atoms with van der Waals surface area (Å²) in [4.78, 5) is 20.4. The van der Waals surface area contributed by atoms with Crippen LogP contribution in [0.25, 0.3) is 11.3 Å². The van der Waals surface area contributed by atoms with Gasteiger partial charge in [0.2, 0.25) is 0 Å². The van der Waals surface area contributed by atoms with Gasteiger partial charge in [-0.1, -0.05) is 11.6 Å². The third-order valence-corrected chi connectivity index (χ3v) is 4.99. The standard InChI is InChI=1S/C21H20ClN5O2/c22-17-3-5-18(6-4-17)29-15-21(28)27-12-10-26(11-13-27)20-8-7-19(24-25-20)16-2-1-9-23-14-16/h1-9,14H,10-13,15H2. The number of pyridine rings is 1. The van der Waals surface area contributed by atoms with E-state index in [-0.39, 0.29) is 12.5 Å². The van der Waals surface area contributed by atoms with E-state index >= 15 is 0 Å². The van der Waals surface area contributed by atoms with Crippen molar-refractivity contribution in [2.45, 2.75) is 0 Å². The molecule has 0 spiro atoms. The van der Waals surface area contributed by atoms with Gasteiger partial charge in [-0.2, -0.15) is 0 Å². The molecule has 8 heteroatoms. The zero-order valence-corrected chi connectivity index (χ0v) is 16.5. The number of benzene rings is 1. The minimum atomic E-state index is -0.0300. The molecule has 1 aromatic carbocycles. The van der Waals surface area contributed by atoms with E-state index in [2.05, 4.69) is 20.1 Å². The largest absolute Gasteiger partial charge is 0.484 e. The zero-order chi connectivity index (χ0) is 20.1. The highest BCUT2D eigenvalue weighted by atomic mass is 35.5. The van der Waals surface area contributed by atoms with E-state index < -0.39 is 0 Å². The molecule has 3 aromatic rings. The molecular formula is C21H20ClN5O2. The van der Waals surface area contributed by atoms with Crippen molar-refractivity contribution in [2.75, 3.05) is 37.7 Å². The van der Waals surface area contributed by atoms with E-state index in [1.165, 1.54) is 0 Å². The Bertz CT molecular complexity index is 943. The lowest BCUT2D eigenvalue weighted by Gasteiger charge is -2.35. The number of carbonyl (C=O) groups is 1. The Morgan fingerprint density at radius 1 is 1.00 bits per heavy atom. The molecule has 4 rings (SSSR count). The van der Waals surface area contributed by atoms with Gasteiger partial charge in [-0.05, 0) is 48.5 Å². The smallest absolute Gasteiger partial charge is 0.260 e. The average Bonchev–Trinajstić information content (AvgIpc) is 2.79. The van der Waals surface area contributed by atoms with Crippen LogP contribution < -0.4 is 9.64 Å². The minimum absolute atomic E-state index is 0.0151. The first-order valence-corrected chi connectivity index (χ1v) is 9.72. The first-order chi connectivity index (χ1) is 14.2. The van der Waals surface area contributed by atoms with Crippen molar-refractivity contribution in [2.24, 2.45) is 0 Å². The number of nitrogens with zero attached hydrogens (tertiary/aromatic N) is 5. The zero-order valence-electron chi connectivity index (χ0n) is 15.7. The van der Waals surface area contributed by atoms with Gasteiger partial charge in [0.05, 0.1) is 5.69 Å². The Balaban J connectivity index is 1.28. The summed E-state index contributed by atoms with van der Waals surface area (Å²) in [5.41, 5.74) is 1.72. The number of ether oxygens (including phenoxy) is 1. The van der Waals surface area contributed by atoms with Crippen molar-refractivity contribution in [3.63, 3.8) is 0 Å². The predicted molar refractivity (Wildman–Crippen MR) is 111 cm³/mol. The molecule has 1 amide bonds. The Labute approximate surface area is 173 Å². The molecule has 1 fully saturated rings. The highest BCUT2D eigenvalue weighted by molar-refractivity contribution is 6.30. The van der Waals surface area contributed by atoms with E-state index in [0.717, 1.165) is 17.1 Å². The van der Waals surface area contributed by atoms with Crippen molar-refractivity contribution >= 4 is 23.3 Å². The third-order valence-electron chi connectivity index (χ3n) is 4.74. The van der Waals surface area contributed by atoms with Gasteiger partial charge in [-0.3, -0.25) is 9.78 Å². The normalized spacial score (nSPS) is 14.0. The lowest BCUT2D eigenvalue weighted by molar-refractivity contribution is -0.133. The van der Waals surface area contributed by atoms with Gasteiger partial charge in [0.15, 0.2) is 12.4 Å². The molecule has 1 aliphatic rings. The highest BCUT2D eigenvalue weighted by Gasteiger charge is 2.22. The fraction of sp³-hybridized carbons (Fsp3) is 0.238. The average molecular weight is 410 g/mol. The summed E-state index contributed by atoms with van der Waals surface area (Å²) in [6.07, 6.45) is 3.49. The number of rotatable bonds is 5. The molecule has 3 heterocycles. The first-order valence-electron chi connectivity index (χ1n) is 9.34. The lowest BCUT2D eigenvalue weighted by atomic mass is 10.2. The van der Waals surface area contributed by atoms with Crippen molar-refractivity contribution < 1.29 is 9.53 Å². The number of anilines is 1. The van der Waals surface area contributed by atoms with Crippen molar-refractivity contribution in [1.29, 1.82) is 0 Å². The number of aromatic nitrogens is 3. The molecular weight excluding hydrogens is 390 g/mol. The molecule has 7 nitrogen and oxygen atoms in total. The summed E-state index contributed by atoms with van der Waals surface area (Å²) in [5.74, 6) is 1.41. The second-order valence-corrected chi connectivity index (χ2v) is 7.07. The molecule has 148 valence electrons. The molecule has 0 bridgehead atoms. The maximum absolute atomic E-state index is 12.4. The van der Waals surface area contributed by atoms with Gasteiger partial charge >= 0.3 is 0 Å². The molecule has 0 atom stereocenters. The van der Waals surface area contributed by atoms with Gasteiger partial charge in [0.25, 0.3) is 5.91 Å². The molecule has 0 saturated carbocycles. The van der Waals surface area contributed by atoms with Crippen molar-refractivity contribution in [3.8, 4) is 17.0 Å². The number of amides is 1. The van der Waals surface area contributed by atoms with Crippen molar-refractivity contribution in [3.05, 3.63) is 65.9 Å². The van der Waals surface area contributed by atoms with Crippen LogP contribution in [0.1, 0.15) is 0 Å². The van der Waals surface area contributed by atoms with E-state index in [1.54, 1.807) is 36.7 Å². The van der Waals surface area contributed by atoms with Crippen LogP contribution in [0.5, 0.6) is 5.75 Å². The fourth-order valence-corrected chi connectivity index (χ4v) is 3.24. The molecule has 0 unspecified atom stereocenters. The number of hydrogen-bond acceptors (Lipinski definition) is 6. The predicted octanol–water partition coefficient (Wildman–Crippen LogP) is 2.92. The van der Waals surface area contributed by atoms with Crippen LogP contribution >= 0.6 is 11.6 Å². The summed E-state index contributed by atoms with van der Waals surface area (Å²) in [5, 5.41) is 9.28. The van der Waals surface area contributed by atoms with Crippen LogP contribution in [0.4, 0.5) is 5.82 Å². The van der Waals surface area contributed by atoms with Crippen LogP contribution in [-0.4, -0.2) is 58.8 Å². The number of hydrogen-bond donors (Lipinski definition) is 0. The molecule has 0 aliphatic carbocycles. The van der Waals surface area contributed by atoms with Crippen molar-refractivity contribution in [1.82, 2.24) is 20.1 Å². The number of halogens is 1. The van der Waals surface area contributed by atoms with Gasteiger partial charge in [0, 0.05) is 49.2 Å². The number of piperazine rings is 1. The molecule has 1 aliphatic heterocycles. The minimum Gasteiger partial charge on any atom is -0.484 e. The highest BCUT2D eigenvalue weighted by Crippen LogP contribution is 2.19. The summed E-state index contributed by atoms with van der Waals surface area (Å²) in [7, 11) is 0. The maximum Gasteiger partial charge on any atom is 0.260 e. The topological polar surface area (TPSA) is 71.5 Å². The molecule has 0 radical (unpaired) electrons. The Morgan fingerprint density at radius 3 is 2.45 bits per heavy atom. The van der Waals surface area contributed by atoms with Crippen LogP contribution in [0.15, 0.2) is 60.9 Å². The monoisotopic (exact) mass is 409 g/mol. The third kappa shape index (κ3) is 4.81. The van der Waals surface area contributed by atoms with E-state index in [0.29, 0.717) is 37.0 Å². The first kappa shape index (κ1) is 19.1. The van der Waals surface area contributed by atoms with Gasteiger partial charge in [0.1, 0.15) is 5.75 Å². The Kier molecular flexibility index (Phi) is 5.86. The Hall–Kier alpha value is -3.19. The Morgan fingerprint density at radius 2 is 1.79 bits per heavy atom. The molecule has 0 N–H and O–H groups in total. The lowest BCUT2D eigenvalue weighted by Crippen LogP contribution is -2.50. The summed E-state index contributed by atoms with van der Waals surface area (Å²) >= 11 is 5.85. The summed E-state index contributed by atoms with van der Waals surface area (Å²) in [6.45, 7) is 2.66.